The van der Waals surface area contributed by atoms with Gasteiger partial charge in [-0.05, 0) is 29.8 Å². The van der Waals surface area contributed by atoms with E-state index in [9.17, 15) is 9.59 Å². The third-order valence-electron chi connectivity index (χ3n) is 3.88. The third kappa shape index (κ3) is 4.36. The average molecular weight is 349 g/mol. The van der Waals surface area contributed by atoms with Crippen LogP contribution in [0, 0.1) is 0 Å². The molecule has 0 fully saturated rings. The van der Waals surface area contributed by atoms with Crippen LogP contribution >= 0.6 is 0 Å². The van der Waals surface area contributed by atoms with Gasteiger partial charge in [-0.25, -0.2) is 0 Å². The van der Waals surface area contributed by atoms with E-state index in [0.717, 1.165) is 16.7 Å². The van der Waals surface area contributed by atoms with E-state index in [-0.39, 0.29) is 18.2 Å². The van der Waals surface area contributed by atoms with Gasteiger partial charge in [-0.1, -0.05) is 30.3 Å². The molecule has 2 amide bonds. The lowest BCUT2D eigenvalue weighted by Crippen LogP contribution is -2.27. The number of nitrogens with zero attached hydrogens (tertiary/aromatic N) is 1. The number of rotatable bonds is 6. The average Bonchev–Trinajstić information content (AvgIpc) is 2.67. The van der Waals surface area contributed by atoms with Gasteiger partial charge in [0.25, 0.3) is 0 Å². The summed E-state index contributed by atoms with van der Waals surface area (Å²) < 4.78 is 5.09. The van der Waals surface area contributed by atoms with Gasteiger partial charge in [0.2, 0.25) is 11.8 Å². The first-order valence-electron chi connectivity index (χ1n) is 8.19. The number of hydrogen-bond acceptors (Lipinski definition) is 4. The second kappa shape index (κ2) is 8.11. The molecule has 0 aliphatic carbocycles. The van der Waals surface area contributed by atoms with E-state index in [1.54, 1.807) is 19.4 Å². The Balaban J connectivity index is 1.54. The number of ether oxygens (including phenoxy) is 1. The van der Waals surface area contributed by atoms with Crippen molar-refractivity contribution in [2.75, 3.05) is 12.4 Å². The highest BCUT2D eigenvalue weighted by Crippen LogP contribution is 2.20. The minimum Gasteiger partial charge on any atom is -0.497 e. The number of amides is 2. The van der Waals surface area contributed by atoms with Gasteiger partial charge in [0.15, 0.2) is 0 Å². The number of para-hydroxylation sites is 1. The molecular weight excluding hydrogens is 330 g/mol. The normalized spacial score (nSPS) is 10.3. The first kappa shape index (κ1) is 17.4. The van der Waals surface area contributed by atoms with E-state index in [1.807, 2.05) is 48.5 Å². The maximum absolute atomic E-state index is 12.1. The Bertz CT molecular complexity index is 918. The molecule has 2 aromatic carbocycles. The molecule has 0 bridgehead atoms. The summed E-state index contributed by atoms with van der Waals surface area (Å²) in [6.07, 6.45) is 1.42. The van der Waals surface area contributed by atoms with Crippen LogP contribution in [0.4, 0.5) is 5.69 Å². The molecule has 6 nitrogen and oxygen atoms in total. The number of fused-ring (bicyclic) bond motifs is 1. The molecule has 1 heterocycles. The summed E-state index contributed by atoms with van der Waals surface area (Å²) in [6.45, 7) is 0.353. The molecule has 3 aromatic rings. The van der Waals surface area contributed by atoms with E-state index in [4.69, 9.17) is 4.74 Å². The van der Waals surface area contributed by atoms with Crippen LogP contribution in [0.2, 0.25) is 0 Å². The fourth-order valence-electron chi connectivity index (χ4n) is 2.55. The van der Waals surface area contributed by atoms with Crippen molar-refractivity contribution in [2.45, 2.75) is 13.0 Å². The summed E-state index contributed by atoms with van der Waals surface area (Å²) in [7, 11) is 1.60. The fraction of sp³-hybridized carbons (Fsp3) is 0.150. The van der Waals surface area contributed by atoms with Crippen LogP contribution in [0.1, 0.15) is 12.0 Å². The predicted molar refractivity (Wildman–Crippen MR) is 99.8 cm³/mol. The third-order valence-corrected chi connectivity index (χ3v) is 3.88. The van der Waals surface area contributed by atoms with Gasteiger partial charge >= 0.3 is 0 Å². The van der Waals surface area contributed by atoms with Gasteiger partial charge in [0.05, 0.1) is 18.3 Å². The largest absolute Gasteiger partial charge is 0.497 e. The van der Waals surface area contributed by atoms with E-state index < -0.39 is 0 Å². The maximum Gasteiger partial charge on any atom is 0.233 e. The molecule has 0 aliphatic heterocycles. The first-order chi connectivity index (χ1) is 12.7. The SMILES string of the molecule is COc1ccc(CNC(=O)CC(=O)Nc2cccc3cccnc23)cc1. The monoisotopic (exact) mass is 349 g/mol. The van der Waals surface area contributed by atoms with E-state index in [0.29, 0.717) is 17.7 Å². The van der Waals surface area contributed by atoms with Crippen molar-refractivity contribution in [3.8, 4) is 5.75 Å². The lowest BCUT2D eigenvalue weighted by molar-refractivity contribution is -0.126. The standard InChI is InChI=1S/C20H19N3O3/c1-26-16-9-7-14(8-10-16)13-22-18(24)12-19(25)23-17-6-2-4-15-5-3-11-21-20(15)17/h2-11H,12-13H2,1H3,(H,22,24)(H,23,25). The number of carbonyl (C=O) groups is 2. The van der Waals surface area contributed by atoms with Crippen LogP contribution in [0.5, 0.6) is 5.75 Å². The zero-order chi connectivity index (χ0) is 18.4. The van der Waals surface area contributed by atoms with E-state index in [1.165, 1.54) is 0 Å². The highest BCUT2D eigenvalue weighted by atomic mass is 16.5. The van der Waals surface area contributed by atoms with Crippen molar-refractivity contribution in [3.63, 3.8) is 0 Å². The molecule has 6 heteroatoms. The lowest BCUT2D eigenvalue weighted by Gasteiger charge is -2.09. The number of carbonyl (C=O) groups excluding carboxylic acids is 2. The van der Waals surface area contributed by atoms with Gasteiger partial charge in [0, 0.05) is 18.1 Å². The Morgan fingerprint density at radius 3 is 2.54 bits per heavy atom. The van der Waals surface area contributed by atoms with Crippen LogP contribution in [-0.2, 0) is 16.1 Å². The van der Waals surface area contributed by atoms with Gasteiger partial charge in [0.1, 0.15) is 12.2 Å². The molecule has 132 valence electrons. The molecule has 26 heavy (non-hydrogen) atoms. The Hall–Kier alpha value is -3.41. The van der Waals surface area contributed by atoms with Crippen LogP contribution in [0.3, 0.4) is 0 Å². The first-order valence-corrected chi connectivity index (χ1v) is 8.19. The van der Waals surface area contributed by atoms with Gasteiger partial charge in [-0.15, -0.1) is 0 Å². The van der Waals surface area contributed by atoms with E-state index >= 15 is 0 Å². The number of pyridine rings is 1. The molecule has 0 radical (unpaired) electrons. The minimum atomic E-state index is -0.379. The number of nitrogens with one attached hydrogen (secondary N) is 2. The second-order valence-electron chi connectivity index (χ2n) is 5.73. The quantitative estimate of drug-likeness (QED) is 0.671. The molecule has 2 N–H and O–H groups in total. The van der Waals surface area contributed by atoms with Crippen molar-refractivity contribution < 1.29 is 14.3 Å². The summed E-state index contributed by atoms with van der Waals surface area (Å²) in [6, 6.07) is 16.6. The van der Waals surface area contributed by atoms with Crippen molar-refractivity contribution in [2.24, 2.45) is 0 Å². The summed E-state index contributed by atoms with van der Waals surface area (Å²) in [4.78, 5) is 28.4. The van der Waals surface area contributed by atoms with Crippen molar-refractivity contribution in [1.29, 1.82) is 0 Å². The number of anilines is 1. The molecule has 1 aromatic heterocycles. The number of benzene rings is 2. The Morgan fingerprint density at radius 1 is 1.00 bits per heavy atom. The van der Waals surface area contributed by atoms with Crippen LogP contribution in [0.25, 0.3) is 10.9 Å². The molecule has 3 rings (SSSR count). The molecular formula is C20H19N3O3. The molecule has 0 spiro atoms. The summed E-state index contributed by atoms with van der Waals surface area (Å²) >= 11 is 0. The lowest BCUT2D eigenvalue weighted by atomic mass is 10.2. The highest BCUT2D eigenvalue weighted by Gasteiger charge is 2.11. The van der Waals surface area contributed by atoms with Crippen molar-refractivity contribution in [1.82, 2.24) is 10.3 Å². The number of aromatic nitrogens is 1. The smallest absolute Gasteiger partial charge is 0.233 e. The Morgan fingerprint density at radius 2 is 1.77 bits per heavy atom. The zero-order valence-electron chi connectivity index (χ0n) is 14.4. The minimum absolute atomic E-state index is 0.251. The number of hydrogen-bond donors (Lipinski definition) is 2. The molecule has 0 aliphatic rings. The predicted octanol–water partition coefficient (Wildman–Crippen LogP) is 2.89. The summed E-state index contributed by atoms with van der Waals surface area (Å²) in [5.74, 6) is 0.0325. The highest BCUT2D eigenvalue weighted by molar-refractivity contribution is 6.07. The fourth-order valence-corrected chi connectivity index (χ4v) is 2.55. The van der Waals surface area contributed by atoms with Crippen LogP contribution in [-0.4, -0.2) is 23.9 Å². The van der Waals surface area contributed by atoms with Crippen molar-refractivity contribution in [3.05, 3.63) is 66.4 Å². The maximum atomic E-state index is 12.1. The summed E-state index contributed by atoms with van der Waals surface area (Å²) in [5.41, 5.74) is 2.22. The van der Waals surface area contributed by atoms with Gasteiger partial charge in [-0.3, -0.25) is 14.6 Å². The molecule has 0 atom stereocenters. The second-order valence-corrected chi connectivity index (χ2v) is 5.73. The van der Waals surface area contributed by atoms with Gasteiger partial charge in [-0.2, -0.15) is 0 Å². The van der Waals surface area contributed by atoms with Crippen molar-refractivity contribution >= 4 is 28.4 Å². The Kier molecular flexibility index (Phi) is 5.43. The zero-order valence-corrected chi connectivity index (χ0v) is 14.4. The van der Waals surface area contributed by atoms with E-state index in [2.05, 4.69) is 15.6 Å². The van der Waals surface area contributed by atoms with Gasteiger partial charge < -0.3 is 15.4 Å². The molecule has 0 saturated carbocycles. The summed E-state index contributed by atoms with van der Waals surface area (Å²) in [5, 5.41) is 6.41. The van der Waals surface area contributed by atoms with Crippen LogP contribution < -0.4 is 15.4 Å². The topological polar surface area (TPSA) is 80.3 Å². The molecule has 0 saturated heterocycles. The molecule has 0 unspecified atom stereocenters. The van der Waals surface area contributed by atoms with Crippen LogP contribution in [0.15, 0.2) is 60.8 Å². The Labute approximate surface area is 151 Å². The number of methoxy groups -OCH3 is 1.